The van der Waals surface area contributed by atoms with Crippen molar-refractivity contribution in [3.63, 3.8) is 0 Å². The maximum Gasteiger partial charge on any atom is 0.306 e. The molecule has 1 aromatic rings. The lowest BCUT2D eigenvalue weighted by Gasteiger charge is -2.27. The van der Waals surface area contributed by atoms with E-state index in [9.17, 15) is 13.6 Å². The van der Waals surface area contributed by atoms with Crippen molar-refractivity contribution in [2.45, 2.75) is 38.3 Å². The summed E-state index contributed by atoms with van der Waals surface area (Å²) in [6.45, 7) is 0.0636. The van der Waals surface area contributed by atoms with Crippen molar-refractivity contribution in [1.82, 2.24) is 5.32 Å². The van der Waals surface area contributed by atoms with Gasteiger partial charge in [0.2, 0.25) is 0 Å². The molecule has 0 spiro atoms. The lowest BCUT2D eigenvalue weighted by Crippen LogP contribution is -2.36. The highest BCUT2D eigenvalue weighted by atomic mass is 79.9. The number of carboxylic acid groups (broad SMARTS) is 1. The average Bonchev–Trinajstić information content (AvgIpc) is 2.43. The Morgan fingerprint density at radius 3 is 2.85 bits per heavy atom. The molecule has 0 amide bonds. The summed E-state index contributed by atoms with van der Waals surface area (Å²) in [4.78, 5) is 11.0. The van der Waals surface area contributed by atoms with Crippen LogP contribution in [0, 0.1) is 17.6 Å². The third kappa shape index (κ3) is 3.55. The van der Waals surface area contributed by atoms with Gasteiger partial charge in [-0.2, -0.15) is 0 Å². The van der Waals surface area contributed by atoms with E-state index in [1.54, 1.807) is 0 Å². The molecular formula is C14H16BrF2NO2. The van der Waals surface area contributed by atoms with Gasteiger partial charge >= 0.3 is 5.97 Å². The van der Waals surface area contributed by atoms with Gasteiger partial charge in [-0.25, -0.2) is 8.78 Å². The Morgan fingerprint density at radius 1 is 1.40 bits per heavy atom. The van der Waals surface area contributed by atoms with Gasteiger partial charge in [-0.15, -0.1) is 0 Å². The first-order valence-corrected chi connectivity index (χ1v) is 7.37. The van der Waals surface area contributed by atoms with E-state index < -0.39 is 17.6 Å². The van der Waals surface area contributed by atoms with Crippen LogP contribution in [-0.4, -0.2) is 17.1 Å². The highest BCUT2D eigenvalue weighted by Crippen LogP contribution is 2.26. The topological polar surface area (TPSA) is 49.3 Å². The Balaban J connectivity index is 1.99. The lowest BCUT2D eigenvalue weighted by atomic mass is 9.86. The maximum absolute atomic E-state index is 13.8. The van der Waals surface area contributed by atoms with E-state index in [0.29, 0.717) is 12.8 Å². The molecule has 20 heavy (non-hydrogen) atoms. The molecular weight excluding hydrogens is 332 g/mol. The summed E-state index contributed by atoms with van der Waals surface area (Å²) in [6.07, 6.45) is 2.83. The molecule has 0 heterocycles. The Labute approximate surface area is 124 Å². The number of carbonyl (C=O) groups is 1. The zero-order valence-electron chi connectivity index (χ0n) is 10.8. The quantitative estimate of drug-likeness (QED) is 0.820. The molecule has 1 saturated carbocycles. The third-order valence-electron chi connectivity index (χ3n) is 3.73. The fourth-order valence-electron chi connectivity index (χ4n) is 2.58. The second-order valence-corrected chi connectivity index (χ2v) is 5.96. The summed E-state index contributed by atoms with van der Waals surface area (Å²) in [5.74, 6) is -2.36. The number of benzene rings is 1. The van der Waals surface area contributed by atoms with Gasteiger partial charge in [-0.05, 0) is 47.3 Å². The van der Waals surface area contributed by atoms with Crippen LogP contribution in [0.15, 0.2) is 16.6 Å². The molecule has 1 aliphatic rings. The molecule has 0 saturated heterocycles. The summed E-state index contributed by atoms with van der Waals surface area (Å²) in [6, 6.07) is 2.53. The van der Waals surface area contributed by atoms with Gasteiger partial charge in [-0.1, -0.05) is 6.42 Å². The number of hydrogen-bond acceptors (Lipinski definition) is 2. The summed E-state index contributed by atoms with van der Waals surface area (Å²) in [5.41, 5.74) is -0.0168. The number of rotatable bonds is 4. The fourth-order valence-corrected chi connectivity index (χ4v) is 2.95. The van der Waals surface area contributed by atoms with Crippen molar-refractivity contribution in [3.05, 3.63) is 33.8 Å². The van der Waals surface area contributed by atoms with Gasteiger partial charge in [0.25, 0.3) is 0 Å². The molecule has 2 rings (SSSR count). The van der Waals surface area contributed by atoms with Crippen molar-refractivity contribution >= 4 is 21.9 Å². The van der Waals surface area contributed by atoms with Gasteiger partial charge in [0.15, 0.2) is 0 Å². The minimum Gasteiger partial charge on any atom is -0.481 e. The van der Waals surface area contributed by atoms with E-state index in [1.807, 2.05) is 0 Å². The van der Waals surface area contributed by atoms with Gasteiger partial charge in [0.1, 0.15) is 11.6 Å². The van der Waals surface area contributed by atoms with E-state index >= 15 is 0 Å². The minimum atomic E-state index is -0.795. The fraction of sp³-hybridized carbons (Fsp3) is 0.500. The molecule has 0 aromatic heterocycles. The van der Waals surface area contributed by atoms with Crippen LogP contribution in [0.1, 0.15) is 31.2 Å². The molecule has 110 valence electrons. The molecule has 0 aliphatic heterocycles. The second kappa shape index (κ2) is 6.63. The average molecular weight is 348 g/mol. The molecule has 1 aromatic carbocycles. The van der Waals surface area contributed by atoms with Crippen molar-refractivity contribution < 1.29 is 18.7 Å². The van der Waals surface area contributed by atoms with Crippen LogP contribution in [-0.2, 0) is 11.3 Å². The molecule has 2 unspecified atom stereocenters. The number of nitrogens with one attached hydrogen (secondary N) is 1. The highest BCUT2D eigenvalue weighted by Gasteiger charge is 2.27. The zero-order valence-corrected chi connectivity index (χ0v) is 12.4. The monoisotopic (exact) mass is 347 g/mol. The number of halogens is 3. The van der Waals surface area contributed by atoms with Crippen LogP contribution in [0.2, 0.25) is 0 Å². The standard InChI is InChI=1S/C14H16BrF2NO2/c15-11-4-5-12(16)10(13(11)17)7-18-9-3-1-2-8(6-9)14(19)20/h4-5,8-9,18H,1-3,6-7H2,(H,19,20). The van der Waals surface area contributed by atoms with Crippen LogP contribution < -0.4 is 5.32 Å². The van der Waals surface area contributed by atoms with Crippen LogP contribution in [0.25, 0.3) is 0 Å². The van der Waals surface area contributed by atoms with Gasteiger partial charge in [0, 0.05) is 18.2 Å². The SMILES string of the molecule is O=C(O)C1CCCC(NCc2c(F)ccc(Br)c2F)C1. The Morgan fingerprint density at radius 2 is 2.15 bits per heavy atom. The molecule has 6 heteroatoms. The molecule has 2 N–H and O–H groups in total. The Kier molecular flexibility index (Phi) is 5.10. The van der Waals surface area contributed by atoms with Crippen molar-refractivity contribution in [2.24, 2.45) is 5.92 Å². The van der Waals surface area contributed by atoms with Crippen molar-refractivity contribution in [2.75, 3.05) is 0 Å². The zero-order chi connectivity index (χ0) is 14.7. The van der Waals surface area contributed by atoms with Crippen molar-refractivity contribution in [3.8, 4) is 0 Å². The number of aliphatic carboxylic acids is 1. The van der Waals surface area contributed by atoms with Crippen LogP contribution in [0.3, 0.4) is 0 Å². The second-order valence-electron chi connectivity index (χ2n) is 5.10. The maximum atomic E-state index is 13.8. The first-order valence-electron chi connectivity index (χ1n) is 6.57. The predicted octanol–water partition coefficient (Wildman–Crippen LogP) is 3.46. The first-order chi connectivity index (χ1) is 9.49. The van der Waals surface area contributed by atoms with E-state index in [-0.39, 0.29) is 28.5 Å². The van der Waals surface area contributed by atoms with Gasteiger partial charge in [-0.3, -0.25) is 4.79 Å². The Hall–Kier alpha value is -1.01. The highest BCUT2D eigenvalue weighted by molar-refractivity contribution is 9.10. The normalized spacial score (nSPS) is 22.8. The lowest BCUT2D eigenvalue weighted by molar-refractivity contribution is -0.143. The van der Waals surface area contributed by atoms with Gasteiger partial charge < -0.3 is 10.4 Å². The smallest absolute Gasteiger partial charge is 0.306 e. The third-order valence-corrected chi connectivity index (χ3v) is 4.34. The largest absolute Gasteiger partial charge is 0.481 e. The molecule has 2 atom stereocenters. The van der Waals surface area contributed by atoms with Gasteiger partial charge in [0.05, 0.1) is 10.4 Å². The van der Waals surface area contributed by atoms with E-state index in [0.717, 1.165) is 12.8 Å². The molecule has 1 fully saturated rings. The predicted molar refractivity (Wildman–Crippen MR) is 74.3 cm³/mol. The summed E-state index contributed by atoms with van der Waals surface area (Å²) >= 11 is 3.03. The van der Waals surface area contributed by atoms with E-state index in [4.69, 9.17) is 5.11 Å². The summed E-state index contributed by atoms with van der Waals surface area (Å²) < 4.78 is 27.6. The van der Waals surface area contributed by atoms with E-state index in [1.165, 1.54) is 12.1 Å². The Bertz CT molecular complexity index is 510. The molecule has 0 radical (unpaired) electrons. The van der Waals surface area contributed by atoms with Crippen LogP contribution in [0.4, 0.5) is 8.78 Å². The molecule has 3 nitrogen and oxygen atoms in total. The number of hydrogen-bond donors (Lipinski definition) is 2. The molecule has 0 bridgehead atoms. The summed E-state index contributed by atoms with van der Waals surface area (Å²) in [7, 11) is 0. The molecule has 1 aliphatic carbocycles. The summed E-state index contributed by atoms with van der Waals surface area (Å²) in [5, 5.41) is 12.1. The number of carboxylic acids is 1. The van der Waals surface area contributed by atoms with Crippen molar-refractivity contribution in [1.29, 1.82) is 0 Å². The first kappa shape index (κ1) is 15.4. The van der Waals surface area contributed by atoms with Crippen LogP contribution >= 0.6 is 15.9 Å². The van der Waals surface area contributed by atoms with E-state index in [2.05, 4.69) is 21.2 Å². The van der Waals surface area contributed by atoms with Crippen LogP contribution in [0.5, 0.6) is 0 Å². The minimum absolute atomic E-state index is 0.0115.